The van der Waals surface area contributed by atoms with Crippen molar-refractivity contribution in [3.05, 3.63) is 34.6 Å². The van der Waals surface area contributed by atoms with Crippen LogP contribution in [0.15, 0.2) is 18.2 Å². The van der Waals surface area contributed by atoms with E-state index in [0.717, 1.165) is 6.07 Å². The third kappa shape index (κ3) is 4.72. The number of hydrogen-bond acceptors (Lipinski definition) is 3. The zero-order valence-electron chi connectivity index (χ0n) is 10.2. The van der Waals surface area contributed by atoms with Crippen LogP contribution in [0.3, 0.4) is 0 Å². The van der Waals surface area contributed by atoms with Crippen molar-refractivity contribution in [2.75, 3.05) is 12.0 Å². The fourth-order valence-electron chi connectivity index (χ4n) is 1.37. The number of carboxylic acids is 1. The van der Waals surface area contributed by atoms with Gasteiger partial charge in [-0.1, -0.05) is 11.6 Å². The van der Waals surface area contributed by atoms with Crippen molar-refractivity contribution in [1.82, 2.24) is 5.32 Å². The van der Waals surface area contributed by atoms with Crippen LogP contribution in [0.1, 0.15) is 16.8 Å². The zero-order valence-corrected chi connectivity index (χ0v) is 11.7. The standard InChI is InChI=1S/C12H13ClFNO3S/c1-19-5-4-10(12(17)18)15-11(16)7-2-3-8(13)9(14)6-7/h2-3,6,10H,4-5H2,1H3,(H,15,16)(H,17,18)/t10-/m1/s1. The van der Waals surface area contributed by atoms with Gasteiger partial charge in [0, 0.05) is 5.56 Å². The van der Waals surface area contributed by atoms with Gasteiger partial charge in [0.2, 0.25) is 0 Å². The number of carbonyl (C=O) groups excluding carboxylic acids is 1. The first-order chi connectivity index (χ1) is 8.95. The van der Waals surface area contributed by atoms with E-state index in [1.165, 1.54) is 23.9 Å². The van der Waals surface area contributed by atoms with Gasteiger partial charge < -0.3 is 10.4 Å². The van der Waals surface area contributed by atoms with Crippen LogP contribution in [0.2, 0.25) is 5.02 Å². The molecule has 0 aliphatic rings. The lowest BCUT2D eigenvalue weighted by Gasteiger charge is -2.14. The van der Waals surface area contributed by atoms with Crippen LogP contribution in [-0.4, -0.2) is 35.0 Å². The monoisotopic (exact) mass is 305 g/mol. The summed E-state index contributed by atoms with van der Waals surface area (Å²) >= 11 is 6.99. The Morgan fingerprint density at radius 2 is 2.21 bits per heavy atom. The van der Waals surface area contributed by atoms with Crippen molar-refractivity contribution in [2.24, 2.45) is 0 Å². The first-order valence-corrected chi connectivity index (χ1v) is 7.20. The maximum atomic E-state index is 13.2. The number of carboxylic acid groups (broad SMARTS) is 1. The highest BCUT2D eigenvalue weighted by Gasteiger charge is 2.20. The fourth-order valence-corrected chi connectivity index (χ4v) is 1.96. The molecule has 0 bridgehead atoms. The number of hydrogen-bond donors (Lipinski definition) is 2. The van der Waals surface area contributed by atoms with E-state index in [0.29, 0.717) is 12.2 Å². The Labute approximate surface area is 119 Å². The van der Waals surface area contributed by atoms with Crippen LogP contribution in [0.4, 0.5) is 4.39 Å². The molecule has 1 amide bonds. The summed E-state index contributed by atoms with van der Waals surface area (Å²) in [5.74, 6) is -1.86. The molecule has 2 N–H and O–H groups in total. The second-order valence-electron chi connectivity index (χ2n) is 3.77. The van der Waals surface area contributed by atoms with Gasteiger partial charge in [-0.2, -0.15) is 11.8 Å². The molecule has 1 aromatic rings. The number of rotatable bonds is 6. The SMILES string of the molecule is CSCC[C@@H](NC(=O)c1ccc(Cl)c(F)c1)C(=O)O. The molecule has 7 heteroatoms. The summed E-state index contributed by atoms with van der Waals surface area (Å²) in [5.41, 5.74) is 0.0392. The molecule has 104 valence electrons. The molecule has 0 unspecified atom stereocenters. The Morgan fingerprint density at radius 3 is 2.74 bits per heavy atom. The smallest absolute Gasteiger partial charge is 0.326 e. The summed E-state index contributed by atoms with van der Waals surface area (Å²) in [5, 5.41) is 11.2. The van der Waals surface area contributed by atoms with Crippen molar-refractivity contribution in [3.63, 3.8) is 0 Å². The Morgan fingerprint density at radius 1 is 1.53 bits per heavy atom. The first-order valence-electron chi connectivity index (χ1n) is 5.43. The maximum absolute atomic E-state index is 13.2. The molecule has 0 radical (unpaired) electrons. The van der Waals surface area contributed by atoms with Gasteiger partial charge in [0.1, 0.15) is 11.9 Å². The highest BCUT2D eigenvalue weighted by Crippen LogP contribution is 2.15. The summed E-state index contributed by atoms with van der Waals surface area (Å²) in [7, 11) is 0. The van der Waals surface area contributed by atoms with Crippen molar-refractivity contribution in [1.29, 1.82) is 0 Å². The van der Waals surface area contributed by atoms with Crippen LogP contribution in [0.5, 0.6) is 0 Å². The maximum Gasteiger partial charge on any atom is 0.326 e. The summed E-state index contributed by atoms with van der Waals surface area (Å²) < 4.78 is 13.2. The minimum atomic E-state index is -1.11. The molecule has 0 aliphatic heterocycles. The van der Waals surface area contributed by atoms with E-state index in [4.69, 9.17) is 16.7 Å². The molecule has 1 atom stereocenters. The second-order valence-corrected chi connectivity index (χ2v) is 5.17. The highest BCUT2D eigenvalue weighted by atomic mass is 35.5. The van der Waals surface area contributed by atoms with Crippen molar-refractivity contribution >= 4 is 35.2 Å². The first kappa shape index (κ1) is 15.8. The molecule has 1 rings (SSSR count). The summed E-state index contributed by atoms with van der Waals surface area (Å²) in [4.78, 5) is 22.8. The van der Waals surface area contributed by atoms with Gasteiger partial charge in [-0.15, -0.1) is 0 Å². The van der Waals surface area contributed by atoms with Gasteiger partial charge in [-0.3, -0.25) is 4.79 Å². The molecule has 1 aromatic carbocycles. The molecule has 0 fully saturated rings. The fraction of sp³-hybridized carbons (Fsp3) is 0.333. The number of thioether (sulfide) groups is 1. The minimum absolute atomic E-state index is 0.0392. The number of amides is 1. The van der Waals surface area contributed by atoms with Gasteiger partial charge in [0.25, 0.3) is 5.91 Å². The molecule has 19 heavy (non-hydrogen) atoms. The minimum Gasteiger partial charge on any atom is -0.480 e. The Balaban J connectivity index is 2.75. The topological polar surface area (TPSA) is 66.4 Å². The molecule has 0 spiro atoms. The van der Waals surface area contributed by atoms with Crippen LogP contribution in [-0.2, 0) is 4.79 Å². The number of nitrogens with one attached hydrogen (secondary N) is 1. The highest BCUT2D eigenvalue weighted by molar-refractivity contribution is 7.98. The lowest BCUT2D eigenvalue weighted by molar-refractivity contribution is -0.139. The quantitative estimate of drug-likeness (QED) is 0.847. The van der Waals surface area contributed by atoms with Crippen LogP contribution >= 0.6 is 23.4 Å². The summed E-state index contributed by atoms with van der Waals surface area (Å²) in [6.45, 7) is 0. The third-order valence-electron chi connectivity index (χ3n) is 2.40. The van der Waals surface area contributed by atoms with E-state index < -0.39 is 23.7 Å². The van der Waals surface area contributed by atoms with E-state index in [2.05, 4.69) is 5.32 Å². The van der Waals surface area contributed by atoms with E-state index in [-0.39, 0.29) is 10.6 Å². The number of carbonyl (C=O) groups is 2. The van der Waals surface area contributed by atoms with E-state index in [9.17, 15) is 14.0 Å². The Kier molecular flexibility index (Phi) is 6.11. The molecular formula is C12H13ClFNO3S. The number of benzene rings is 1. The van der Waals surface area contributed by atoms with Crippen molar-refractivity contribution in [2.45, 2.75) is 12.5 Å². The third-order valence-corrected chi connectivity index (χ3v) is 3.35. The van der Waals surface area contributed by atoms with E-state index in [1.807, 2.05) is 6.26 Å². The largest absolute Gasteiger partial charge is 0.480 e. The zero-order chi connectivity index (χ0) is 14.4. The average molecular weight is 306 g/mol. The van der Waals surface area contributed by atoms with Crippen molar-refractivity contribution in [3.8, 4) is 0 Å². The lowest BCUT2D eigenvalue weighted by Crippen LogP contribution is -2.41. The average Bonchev–Trinajstić information content (AvgIpc) is 2.37. The Hall–Kier alpha value is -1.27. The second kappa shape index (κ2) is 7.35. The number of aliphatic carboxylic acids is 1. The molecule has 0 aliphatic carbocycles. The molecule has 0 saturated carbocycles. The van der Waals surface area contributed by atoms with Gasteiger partial charge >= 0.3 is 5.97 Å². The van der Waals surface area contributed by atoms with Gasteiger partial charge in [-0.25, -0.2) is 9.18 Å². The van der Waals surface area contributed by atoms with Gasteiger partial charge in [0.05, 0.1) is 5.02 Å². The lowest BCUT2D eigenvalue weighted by atomic mass is 10.1. The van der Waals surface area contributed by atoms with E-state index in [1.54, 1.807) is 0 Å². The molecular weight excluding hydrogens is 293 g/mol. The summed E-state index contributed by atoms with van der Waals surface area (Å²) in [6.07, 6.45) is 2.15. The van der Waals surface area contributed by atoms with Gasteiger partial charge in [-0.05, 0) is 36.6 Å². The predicted molar refractivity (Wildman–Crippen MR) is 73.3 cm³/mol. The van der Waals surface area contributed by atoms with Crippen LogP contribution in [0.25, 0.3) is 0 Å². The van der Waals surface area contributed by atoms with Crippen molar-refractivity contribution < 1.29 is 19.1 Å². The molecule has 0 saturated heterocycles. The van der Waals surface area contributed by atoms with Crippen LogP contribution in [0, 0.1) is 5.82 Å². The molecule has 0 aromatic heterocycles. The van der Waals surface area contributed by atoms with Crippen LogP contribution < -0.4 is 5.32 Å². The normalized spacial score (nSPS) is 11.9. The Bertz CT molecular complexity index is 484. The predicted octanol–water partition coefficient (Wildman–Crippen LogP) is 2.42. The van der Waals surface area contributed by atoms with Gasteiger partial charge in [0.15, 0.2) is 0 Å². The van der Waals surface area contributed by atoms with E-state index >= 15 is 0 Å². The summed E-state index contributed by atoms with van der Waals surface area (Å²) in [6, 6.07) is 2.58. The molecule has 4 nitrogen and oxygen atoms in total. The molecule has 0 heterocycles. The number of halogens is 2.